The summed E-state index contributed by atoms with van der Waals surface area (Å²) in [5.41, 5.74) is -0.874. The van der Waals surface area contributed by atoms with E-state index in [9.17, 15) is 32.9 Å². The molecule has 1 aromatic rings. The van der Waals surface area contributed by atoms with Crippen molar-refractivity contribution < 1.29 is 46.9 Å². The van der Waals surface area contributed by atoms with Gasteiger partial charge in [0, 0.05) is 23.9 Å². The maximum absolute atomic E-state index is 13.4. The highest BCUT2D eigenvalue weighted by molar-refractivity contribution is 6.36. The predicted octanol–water partition coefficient (Wildman–Crippen LogP) is 4.12. The van der Waals surface area contributed by atoms with Gasteiger partial charge in [-0.3, -0.25) is 4.79 Å². The van der Waals surface area contributed by atoms with Crippen LogP contribution in [0.15, 0.2) is 17.7 Å². The van der Waals surface area contributed by atoms with E-state index in [1.165, 1.54) is 12.1 Å². The third-order valence-corrected chi connectivity index (χ3v) is 4.19. The molecule has 1 aromatic carbocycles. The van der Waals surface area contributed by atoms with E-state index in [1.54, 1.807) is 0 Å². The number of alkyl halides is 3. The molecule has 2 rings (SSSR count). The Hall–Kier alpha value is -2.73. The molecule has 9 nitrogen and oxygen atoms in total. The van der Waals surface area contributed by atoms with Crippen LogP contribution in [0.2, 0.25) is 10.0 Å². The van der Waals surface area contributed by atoms with Crippen LogP contribution in [-0.2, 0) is 23.9 Å². The lowest BCUT2D eigenvalue weighted by atomic mass is 10.0. The van der Waals surface area contributed by atoms with Gasteiger partial charge in [0.15, 0.2) is 0 Å². The molecule has 1 aliphatic heterocycles. The summed E-state index contributed by atoms with van der Waals surface area (Å²) in [5, 5.41) is 8.89. The van der Waals surface area contributed by atoms with Crippen LogP contribution in [-0.4, -0.2) is 42.2 Å². The average molecular weight is 488 g/mol. The fourth-order valence-electron chi connectivity index (χ4n) is 2.49. The quantitative estimate of drug-likeness (QED) is 0.177. The Morgan fingerprint density at radius 2 is 1.97 bits per heavy atom. The monoisotopic (exact) mass is 487 g/mol. The molecule has 0 radical (unpaired) electrons. The first kappa shape index (κ1) is 24.5. The second-order valence-corrected chi connectivity index (χ2v) is 6.91. The van der Waals surface area contributed by atoms with E-state index in [4.69, 9.17) is 37.4 Å². The summed E-state index contributed by atoms with van der Waals surface area (Å²) in [5.74, 6) is -2.65. The Balaban J connectivity index is 2.09. The van der Waals surface area contributed by atoms with E-state index in [-0.39, 0.29) is 40.8 Å². The summed E-state index contributed by atoms with van der Waals surface area (Å²) in [6, 6.07) is 2.43. The summed E-state index contributed by atoms with van der Waals surface area (Å²) in [4.78, 5) is 38.0. The lowest BCUT2D eigenvalue weighted by Crippen LogP contribution is -2.41. The van der Waals surface area contributed by atoms with E-state index in [1.807, 2.05) is 0 Å². The van der Waals surface area contributed by atoms with Gasteiger partial charge < -0.3 is 19.0 Å². The zero-order chi connectivity index (χ0) is 23.3. The van der Waals surface area contributed by atoms with Crippen molar-refractivity contribution in [1.29, 1.82) is 0 Å². The Labute approximate surface area is 182 Å². The first-order chi connectivity index (χ1) is 14.4. The molecule has 14 heteroatoms. The van der Waals surface area contributed by atoms with Gasteiger partial charge in [0.2, 0.25) is 12.4 Å². The van der Waals surface area contributed by atoms with Crippen molar-refractivity contribution in [2.45, 2.75) is 38.3 Å². The number of carbonyl (C=O) groups excluding carboxylic acids is 2. The lowest BCUT2D eigenvalue weighted by molar-refractivity contribution is -0.757. The molecule has 2 atom stereocenters. The average Bonchev–Trinajstić information content (AvgIpc) is 2.63. The van der Waals surface area contributed by atoms with Crippen LogP contribution in [0.5, 0.6) is 5.75 Å². The number of benzene rings is 1. The van der Waals surface area contributed by atoms with Crippen LogP contribution >= 0.6 is 23.2 Å². The van der Waals surface area contributed by atoms with Crippen molar-refractivity contribution in [1.82, 2.24) is 0 Å². The van der Waals surface area contributed by atoms with Gasteiger partial charge in [-0.25, -0.2) is 4.79 Å². The smallest absolute Gasteiger partial charge is 0.430 e. The SMILES string of the molecule is CC(OC(=O)CCCO[N+](=O)[O-])OC(=O)C1=Cc2cc(Cl)cc(Cl)c2OC1C(F)(F)F. The topological polar surface area (TPSA) is 114 Å². The van der Waals surface area contributed by atoms with Crippen molar-refractivity contribution in [2.75, 3.05) is 6.61 Å². The number of esters is 2. The van der Waals surface area contributed by atoms with E-state index >= 15 is 0 Å². The Bertz CT molecular complexity index is 906. The molecule has 2 unspecified atom stereocenters. The maximum Gasteiger partial charge on any atom is 0.430 e. The van der Waals surface area contributed by atoms with Crippen molar-refractivity contribution >= 4 is 41.2 Å². The summed E-state index contributed by atoms with van der Waals surface area (Å²) >= 11 is 11.7. The molecule has 0 spiro atoms. The third kappa shape index (κ3) is 6.89. The highest BCUT2D eigenvalue weighted by Gasteiger charge is 2.49. The van der Waals surface area contributed by atoms with Gasteiger partial charge in [0.1, 0.15) is 5.75 Å². The second kappa shape index (κ2) is 10.1. The molecule has 0 saturated heterocycles. The third-order valence-electron chi connectivity index (χ3n) is 3.69. The number of nitrogens with zero attached hydrogens (tertiary/aromatic N) is 1. The molecular formula is C17H14Cl2F3NO8. The summed E-state index contributed by atoms with van der Waals surface area (Å²) < 4.78 is 54.8. The molecule has 170 valence electrons. The number of halogens is 5. The van der Waals surface area contributed by atoms with Crippen molar-refractivity contribution in [2.24, 2.45) is 0 Å². The van der Waals surface area contributed by atoms with Crippen LogP contribution in [0, 0.1) is 10.1 Å². The second-order valence-electron chi connectivity index (χ2n) is 6.07. The maximum atomic E-state index is 13.4. The van der Waals surface area contributed by atoms with Gasteiger partial charge in [-0.15, -0.1) is 10.1 Å². The lowest BCUT2D eigenvalue weighted by Gasteiger charge is -2.29. The zero-order valence-electron chi connectivity index (χ0n) is 15.6. The summed E-state index contributed by atoms with van der Waals surface area (Å²) in [6.45, 7) is 0.746. The van der Waals surface area contributed by atoms with Crippen LogP contribution < -0.4 is 4.74 Å². The van der Waals surface area contributed by atoms with Crippen LogP contribution in [0.25, 0.3) is 6.08 Å². The standard InChI is InChI=1S/C17H14Cl2F3NO8/c1-8(29-13(24)3-2-4-28-23(26)27)30-16(25)11-6-9-5-10(18)7-12(19)14(9)31-15(11)17(20,21)22/h5-8,15H,2-4H2,1H3. The van der Waals surface area contributed by atoms with Gasteiger partial charge in [0.25, 0.3) is 5.09 Å². The number of fused-ring (bicyclic) bond motifs is 1. The van der Waals surface area contributed by atoms with E-state index in [2.05, 4.69) is 4.84 Å². The highest BCUT2D eigenvalue weighted by Crippen LogP contribution is 2.42. The molecule has 0 saturated carbocycles. The molecule has 0 bridgehead atoms. The van der Waals surface area contributed by atoms with Crippen molar-refractivity contribution in [3.63, 3.8) is 0 Å². The van der Waals surface area contributed by atoms with Gasteiger partial charge in [-0.05, 0) is 24.6 Å². The first-order valence-electron chi connectivity index (χ1n) is 8.50. The van der Waals surface area contributed by atoms with Crippen molar-refractivity contribution in [3.8, 4) is 5.75 Å². The molecule has 1 heterocycles. The largest absolute Gasteiger partial charge is 0.474 e. The normalized spacial score (nSPS) is 16.3. The van der Waals surface area contributed by atoms with Crippen LogP contribution in [0.4, 0.5) is 13.2 Å². The molecule has 31 heavy (non-hydrogen) atoms. The minimum Gasteiger partial charge on any atom is -0.474 e. The van der Waals surface area contributed by atoms with E-state index < -0.39 is 41.2 Å². The first-order valence-corrected chi connectivity index (χ1v) is 9.26. The molecule has 0 fully saturated rings. The Kier molecular flexibility index (Phi) is 7.96. The number of hydrogen-bond acceptors (Lipinski definition) is 8. The van der Waals surface area contributed by atoms with Crippen molar-refractivity contribution in [3.05, 3.63) is 43.4 Å². The minimum atomic E-state index is -4.98. The molecular weight excluding hydrogens is 474 g/mol. The molecule has 1 aliphatic rings. The Morgan fingerprint density at radius 1 is 1.29 bits per heavy atom. The van der Waals surface area contributed by atoms with Gasteiger partial charge in [-0.2, -0.15) is 13.2 Å². The molecule has 0 aliphatic carbocycles. The van der Waals surface area contributed by atoms with E-state index in [0.29, 0.717) is 0 Å². The molecule has 0 amide bonds. The Morgan fingerprint density at radius 3 is 2.58 bits per heavy atom. The number of hydrogen-bond donors (Lipinski definition) is 0. The van der Waals surface area contributed by atoms with Gasteiger partial charge >= 0.3 is 18.1 Å². The fourth-order valence-corrected chi connectivity index (χ4v) is 3.04. The van der Waals surface area contributed by atoms with Gasteiger partial charge in [0.05, 0.1) is 17.2 Å². The minimum absolute atomic E-state index is 0.0281. The summed E-state index contributed by atoms with van der Waals surface area (Å²) in [7, 11) is 0. The van der Waals surface area contributed by atoms with Crippen LogP contribution in [0.3, 0.4) is 0 Å². The molecule has 0 aromatic heterocycles. The number of rotatable bonds is 8. The fraction of sp³-hybridized carbons (Fsp3) is 0.412. The highest BCUT2D eigenvalue weighted by atomic mass is 35.5. The number of ether oxygens (including phenoxy) is 3. The predicted molar refractivity (Wildman–Crippen MR) is 98.7 cm³/mol. The van der Waals surface area contributed by atoms with E-state index in [0.717, 1.165) is 13.0 Å². The zero-order valence-corrected chi connectivity index (χ0v) is 17.1. The number of carbonyl (C=O) groups is 2. The van der Waals surface area contributed by atoms with Crippen LogP contribution in [0.1, 0.15) is 25.3 Å². The van der Waals surface area contributed by atoms with Gasteiger partial charge in [-0.1, -0.05) is 23.2 Å². The summed E-state index contributed by atoms with van der Waals surface area (Å²) in [6.07, 6.45) is -8.70. The molecule has 0 N–H and O–H groups in total.